The minimum atomic E-state index is -0.625. The van der Waals surface area contributed by atoms with E-state index in [9.17, 15) is 5.11 Å². The first kappa shape index (κ1) is 13.9. The summed E-state index contributed by atoms with van der Waals surface area (Å²) in [5.41, 5.74) is -0.625. The molecule has 0 saturated heterocycles. The third-order valence-electron chi connectivity index (χ3n) is 2.52. The van der Waals surface area contributed by atoms with Crippen molar-refractivity contribution in [2.45, 2.75) is 64.4 Å². The smallest absolute Gasteiger partial charge is 0.0852 e. The molecule has 86 valence electrons. The van der Waals surface area contributed by atoms with Crippen LogP contribution in [-0.2, 0) is 4.74 Å². The average molecular weight is 202 g/mol. The molecule has 1 N–H and O–H groups in total. The molecular weight excluding hydrogens is 176 g/mol. The standard InChI is InChI=1S/C12H26O2/c1-4-5-6-7-8-9-10-12(2,13)11-14-3/h13H,4-11H2,1-3H3. The van der Waals surface area contributed by atoms with Gasteiger partial charge in [0.15, 0.2) is 0 Å². The molecule has 0 spiro atoms. The first-order valence-electron chi connectivity index (χ1n) is 5.83. The van der Waals surface area contributed by atoms with Gasteiger partial charge in [-0.1, -0.05) is 45.4 Å². The molecule has 1 unspecified atom stereocenters. The van der Waals surface area contributed by atoms with E-state index in [-0.39, 0.29) is 0 Å². The van der Waals surface area contributed by atoms with Gasteiger partial charge in [0.2, 0.25) is 0 Å². The topological polar surface area (TPSA) is 29.5 Å². The Balaban J connectivity index is 3.26. The van der Waals surface area contributed by atoms with Gasteiger partial charge in [-0.3, -0.25) is 0 Å². The summed E-state index contributed by atoms with van der Waals surface area (Å²) in [7, 11) is 1.63. The highest BCUT2D eigenvalue weighted by molar-refractivity contribution is 4.71. The lowest BCUT2D eigenvalue weighted by Crippen LogP contribution is -2.29. The van der Waals surface area contributed by atoms with Crippen molar-refractivity contribution >= 4 is 0 Å². The van der Waals surface area contributed by atoms with E-state index in [0.29, 0.717) is 6.61 Å². The van der Waals surface area contributed by atoms with Crippen LogP contribution in [0, 0.1) is 0 Å². The molecule has 0 heterocycles. The van der Waals surface area contributed by atoms with Gasteiger partial charge in [0.1, 0.15) is 0 Å². The lowest BCUT2D eigenvalue weighted by molar-refractivity contribution is -0.0242. The van der Waals surface area contributed by atoms with Gasteiger partial charge in [-0.2, -0.15) is 0 Å². The van der Waals surface area contributed by atoms with Crippen molar-refractivity contribution in [3.8, 4) is 0 Å². The monoisotopic (exact) mass is 202 g/mol. The highest BCUT2D eigenvalue weighted by atomic mass is 16.5. The highest BCUT2D eigenvalue weighted by Crippen LogP contribution is 2.15. The Kier molecular flexibility index (Phi) is 8.20. The molecule has 0 bridgehead atoms. The fraction of sp³-hybridized carbons (Fsp3) is 1.00. The van der Waals surface area contributed by atoms with E-state index in [4.69, 9.17) is 4.74 Å². The van der Waals surface area contributed by atoms with Gasteiger partial charge in [-0.25, -0.2) is 0 Å². The number of ether oxygens (including phenoxy) is 1. The van der Waals surface area contributed by atoms with Crippen molar-refractivity contribution in [3.05, 3.63) is 0 Å². The van der Waals surface area contributed by atoms with Crippen molar-refractivity contribution in [2.24, 2.45) is 0 Å². The zero-order valence-corrected chi connectivity index (χ0v) is 10.0. The fourth-order valence-corrected chi connectivity index (χ4v) is 1.67. The summed E-state index contributed by atoms with van der Waals surface area (Å²) in [5.74, 6) is 0. The molecule has 0 aromatic rings. The summed E-state index contributed by atoms with van der Waals surface area (Å²) in [5, 5.41) is 9.79. The first-order valence-corrected chi connectivity index (χ1v) is 5.83. The summed E-state index contributed by atoms with van der Waals surface area (Å²) in [4.78, 5) is 0. The fourth-order valence-electron chi connectivity index (χ4n) is 1.67. The second-order valence-electron chi connectivity index (χ2n) is 4.45. The number of aliphatic hydroxyl groups is 1. The molecule has 0 aliphatic rings. The van der Waals surface area contributed by atoms with Crippen LogP contribution in [0.3, 0.4) is 0 Å². The van der Waals surface area contributed by atoms with Crippen LogP contribution in [0.2, 0.25) is 0 Å². The maximum atomic E-state index is 9.79. The van der Waals surface area contributed by atoms with Crippen LogP contribution in [0.1, 0.15) is 58.8 Å². The maximum Gasteiger partial charge on any atom is 0.0852 e. The van der Waals surface area contributed by atoms with Gasteiger partial charge in [0.05, 0.1) is 12.2 Å². The number of hydrogen-bond donors (Lipinski definition) is 1. The third-order valence-corrected chi connectivity index (χ3v) is 2.52. The van der Waals surface area contributed by atoms with Crippen molar-refractivity contribution in [3.63, 3.8) is 0 Å². The summed E-state index contributed by atoms with van der Waals surface area (Å²) in [6, 6.07) is 0. The molecule has 0 radical (unpaired) electrons. The Labute approximate surface area is 88.7 Å². The maximum absolute atomic E-state index is 9.79. The van der Waals surface area contributed by atoms with Gasteiger partial charge in [0, 0.05) is 7.11 Å². The minimum absolute atomic E-state index is 0.446. The van der Waals surface area contributed by atoms with Crippen LogP contribution < -0.4 is 0 Å². The number of rotatable bonds is 9. The van der Waals surface area contributed by atoms with E-state index in [2.05, 4.69) is 6.92 Å². The zero-order valence-electron chi connectivity index (χ0n) is 10.0. The van der Waals surface area contributed by atoms with Crippen LogP contribution >= 0.6 is 0 Å². The van der Waals surface area contributed by atoms with E-state index in [1.807, 2.05) is 6.92 Å². The number of methoxy groups -OCH3 is 1. The molecule has 0 aliphatic heterocycles. The van der Waals surface area contributed by atoms with Gasteiger partial charge >= 0.3 is 0 Å². The Bertz CT molecular complexity index is 121. The van der Waals surface area contributed by atoms with Crippen LogP contribution in [0.4, 0.5) is 0 Å². The van der Waals surface area contributed by atoms with Gasteiger partial charge in [-0.15, -0.1) is 0 Å². The van der Waals surface area contributed by atoms with Crippen LogP contribution in [0.25, 0.3) is 0 Å². The number of unbranched alkanes of at least 4 members (excludes halogenated alkanes) is 5. The Hall–Kier alpha value is -0.0800. The minimum Gasteiger partial charge on any atom is -0.388 e. The first-order chi connectivity index (χ1) is 6.62. The lowest BCUT2D eigenvalue weighted by atomic mass is 9.98. The summed E-state index contributed by atoms with van der Waals surface area (Å²) < 4.78 is 4.95. The summed E-state index contributed by atoms with van der Waals surface area (Å²) >= 11 is 0. The quantitative estimate of drug-likeness (QED) is 0.582. The highest BCUT2D eigenvalue weighted by Gasteiger charge is 2.18. The van der Waals surface area contributed by atoms with Crippen LogP contribution in [0.15, 0.2) is 0 Å². The predicted octanol–water partition coefficient (Wildman–Crippen LogP) is 3.13. The third kappa shape index (κ3) is 8.52. The Morgan fingerprint density at radius 3 is 2.21 bits per heavy atom. The van der Waals surface area contributed by atoms with E-state index in [1.165, 1.54) is 32.1 Å². The molecule has 0 aromatic carbocycles. The Morgan fingerprint density at radius 2 is 1.64 bits per heavy atom. The van der Waals surface area contributed by atoms with Crippen molar-refractivity contribution in [1.82, 2.24) is 0 Å². The zero-order chi connectivity index (χ0) is 10.9. The Morgan fingerprint density at radius 1 is 1.07 bits per heavy atom. The average Bonchev–Trinajstić information content (AvgIpc) is 2.11. The molecule has 0 rings (SSSR count). The van der Waals surface area contributed by atoms with E-state index in [1.54, 1.807) is 7.11 Å². The SMILES string of the molecule is CCCCCCCCC(C)(O)COC. The normalized spacial score (nSPS) is 15.4. The summed E-state index contributed by atoms with van der Waals surface area (Å²) in [6.07, 6.45) is 8.47. The largest absolute Gasteiger partial charge is 0.388 e. The van der Waals surface area contributed by atoms with Crippen molar-refractivity contribution in [2.75, 3.05) is 13.7 Å². The van der Waals surface area contributed by atoms with E-state index in [0.717, 1.165) is 12.8 Å². The van der Waals surface area contributed by atoms with Crippen LogP contribution in [-0.4, -0.2) is 24.4 Å². The molecule has 14 heavy (non-hydrogen) atoms. The molecule has 2 nitrogen and oxygen atoms in total. The van der Waals surface area contributed by atoms with Crippen molar-refractivity contribution in [1.29, 1.82) is 0 Å². The molecule has 1 atom stereocenters. The molecule has 0 aliphatic carbocycles. The second-order valence-corrected chi connectivity index (χ2v) is 4.45. The lowest BCUT2D eigenvalue weighted by Gasteiger charge is -2.21. The van der Waals surface area contributed by atoms with E-state index < -0.39 is 5.60 Å². The molecule has 0 saturated carbocycles. The molecule has 2 heteroatoms. The van der Waals surface area contributed by atoms with Gasteiger partial charge in [0.25, 0.3) is 0 Å². The molecule has 0 amide bonds. The van der Waals surface area contributed by atoms with Gasteiger partial charge < -0.3 is 9.84 Å². The van der Waals surface area contributed by atoms with Crippen molar-refractivity contribution < 1.29 is 9.84 Å². The molecular formula is C12H26O2. The molecule has 0 fully saturated rings. The predicted molar refractivity (Wildman–Crippen MR) is 60.5 cm³/mol. The summed E-state index contributed by atoms with van der Waals surface area (Å²) in [6.45, 7) is 4.52. The second kappa shape index (κ2) is 8.25. The molecule has 0 aromatic heterocycles. The van der Waals surface area contributed by atoms with E-state index >= 15 is 0 Å². The van der Waals surface area contributed by atoms with Gasteiger partial charge in [-0.05, 0) is 13.3 Å². The van der Waals surface area contributed by atoms with Crippen LogP contribution in [0.5, 0.6) is 0 Å². The number of hydrogen-bond acceptors (Lipinski definition) is 2.